The summed E-state index contributed by atoms with van der Waals surface area (Å²) in [5.41, 5.74) is 14.7. The van der Waals surface area contributed by atoms with E-state index in [1.54, 1.807) is 0 Å². The quantitative estimate of drug-likeness (QED) is 0.767. The summed E-state index contributed by atoms with van der Waals surface area (Å²) in [6, 6.07) is 17.1. The topological polar surface area (TPSA) is 72.3 Å². The number of nitrogens with two attached hydrogens (primary N) is 2. The monoisotopic (exact) mass is 403 g/mol. The molecule has 3 rings (SSSR count). The maximum Gasteiger partial charge on any atom is 0.470 e. The summed E-state index contributed by atoms with van der Waals surface area (Å²) in [6.45, 7) is 3.99. The van der Waals surface area contributed by atoms with Crippen LogP contribution >= 0.6 is 0 Å². The zero-order valence-electron chi connectivity index (χ0n) is 16.2. The van der Waals surface area contributed by atoms with Crippen molar-refractivity contribution >= 4 is 11.6 Å². The Morgan fingerprint density at radius 2 is 1.66 bits per heavy atom. The van der Waals surface area contributed by atoms with Crippen LogP contribution in [0.4, 0.5) is 18.9 Å². The Morgan fingerprint density at radius 3 is 2.28 bits per heavy atom. The van der Waals surface area contributed by atoms with Crippen molar-refractivity contribution in [1.82, 2.24) is 0 Å². The van der Waals surface area contributed by atoms with Gasteiger partial charge in [-0.15, -0.1) is 0 Å². The lowest BCUT2D eigenvalue weighted by molar-refractivity contribution is -0.169. The number of carbonyl (C=O) groups is 1. The van der Waals surface area contributed by atoms with E-state index in [0.29, 0.717) is 0 Å². The first-order valence-electron chi connectivity index (χ1n) is 9.28. The van der Waals surface area contributed by atoms with Gasteiger partial charge in [0.15, 0.2) is 0 Å². The van der Waals surface area contributed by atoms with Gasteiger partial charge in [0, 0.05) is 30.3 Å². The molecule has 0 radical (unpaired) electrons. The predicted octanol–water partition coefficient (Wildman–Crippen LogP) is 3.57. The van der Waals surface area contributed by atoms with E-state index in [0.717, 1.165) is 37.1 Å². The molecule has 7 heteroatoms. The van der Waals surface area contributed by atoms with Crippen LogP contribution in [0.3, 0.4) is 0 Å². The van der Waals surface area contributed by atoms with Crippen molar-refractivity contribution in [1.29, 1.82) is 0 Å². The molecule has 1 aliphatic heterocycles. The lowest BCUT2D eigenvalue weighted by Gasteiger charge is -2.28. The molecule has 4 nitrogen and oxygen atoms in total. The Bertz CT molecular complexity index is 900. The number of nitrogens with zero attached hydrogens (tertiary/aromatic N) is 1. The molecule has 0 fully saturated rings. The molecule has 0 spiro atoms. The van der Waals surface area contributed by atoms with E-state index in [9.17, 15) is 13.2 Å². The Balaban J connectivity index is 0.000000370. The number of para-hydroxylation sites is 1. The van der Waals surface area contributed by atoms with Crippen LogP contribution in [0.25, 0.3) is 0 Å². The van der Waals surface area contributed by atoms with E-state index in [1.165, 1.54) is 11.3 Å². The summed E-state index contributed by atoms with van der Waals surface area (Å²) in [5.74, 6) is 4.39. The molecular formula is C22H24F3N3O. The van der Waals surface area contributed by atoms with E-state index in [1.807, 2.05) is 0 Å². The van der Waals surface area contributed by atoms with Gasteiger partial charge in [0.25, 0.3) is 0 Å². The molecule has 154 valence electrons. The van der Waals surface area contributed by atoms with Crippen molar-refractivity contribution in [2.75, 3.05) is 11.4 Å². The number of primary amides is 1. The van der Waals surface area contributed by atoms with Gasteiger partial charge in [-0.1, -0.05) is 49.1 Å². The van der Waals surface area contributed by atoms with Gasteiger partial charge in [0.2, 0.25) is 0 Å². The summed E-state index contributed by atoms with van der Waals surface area (Å²) in [5, 5.41) is 0. The number of fused-ring (bicyclic) bond motifs is 2. The van der Waals surface area contributed by atoms with Gasteiger partial charge in [-0.3, -0.25) is 4.79 Å². The Kier molecular flexibility index (Phi) is 7.68. The fraction of sp³-hybridized carbons (Fsp3) is 0.318. The molecule has 0 aliphatic carbocycles. The van der Waals surface area contributed by atoms with Crippen LogP contribution in [0, 0.1) is 11.8 Å². The minimum Gasteiger partial charge on any atom is -0.366 e. The molecule has 0 saturated heterocycles. The SMILES string of the molecule is CCC(N)CCN1Cc2ccccc2C#Cc2ccccc21.NC(=O)C(F)(F)F. The Morgan fingerprint density at radius 1 is 1.10 bits per heavy atom. The van der Waals surface area contributed by atoms with Gasteiger partial charge < -0.3 is 16.4 Å². The average Bonchev–Trinajstić information content (AvgIpc) is 2.68. The molecular weight excluding hydrogens is 379 g/mol. The van der Waals surface area contributed by atoms with Gasteiger partial charge in [0.05, 0.1) is 5.69 Å². The number of benzene rings is 2. The first-order valence-corrected chi connectivity index (χ1v) is 9.28. The van der Waals surface area contributed by atoms with Crippen molar-refractivity contribution in [2.45, 2.75) is 38.5 Å². The molecule has 0 aromatic heterocycles. The highest BCUT2D eigenvalue weighted by Gasteiger charge is 2.35. The van der Waals surface area contributed by atoms with Crippen LogP contribution in [0.5, 0.6) is 0 Å². The van der Waals surface area contributed by atoms with Crippen LogP contribution in [0.2, 0.25) is 0 Å². The lowest BCUT2D eigenvalue weighted by atomic mass is 10.0. The first kappa shape index (κ1) is 22.3. The summed E-state index contributed by atoms with van der Waals surface area (Å²) in [4.78, 5) is 11.5. The zero-order valence-corrected chi connectivity index (χ0v) is 16.2. The third-order valence-electron chi connectivity index (χ3n) is 4.53. The van der Waals surface area contributed by atoms with Crippen molar-refractivity contribution in [2.24, 2.45) is 11.5 Å². The van der Waals surface area contributed by atoms with Crippen molar-refractivity contribution in [3.63, 3.8) is 0 Å². The number of carbonyl (C=O) groups excluding carboxylic acids is 1. The molecule has 1 aliphatic rings. The minimum absolute atomic E-state index is 0.263. The van der Waals surface area contributed by atoms with Gasteiger partial charge in [-0.25, -0.2) is 0 Å². The number of anilines is 1. The molecule has 29 heavy (non-hydrogen) atoms. The van der Waals surface area contributed by atoms with Crippen molar-refractivity contribution in [3.8, 4) is 11.8 Å². The predicted molar refractivity (Wildman–Crippen MR) is 108 cm³/mol. The van der Waals surface area contributed by atoms with E-state index < -0.39 is 12.1 Å². The Labute approximate surface area is 168 Å². The van der Waals surface area contributed by atoms with Gasteiger partial charge in [-0.2, -0.15) is 13.2 Å². The van der Waals surface area contributed by atoms with E-state index in [2.05, 4.69) is 77.9 Å². The zero-order chi connectivity index (χ0) is 21.4. The maximum absolute atomic E-state index is 10.7. The minimum atomic E-state index is -4.86. The Hall–Kier alpha value is -2.98. The lowest BCUT2D eigenvalue weighted by Crippen LogP contribution is -2.31. The molecule has 0 saturated carbocycles. The fourth-order valence-corrected chi connectivity index (χ4v) is 2.79. The number of hydrogen-bond acceptors (Lipinski definition) is 3. The number of halogens is 3. The molecule has 1 atom stereocenters. The molecule has 0 bridgehead atoms. The number of amides is 1. The standard InChI is InChI=1S/C20H22N2.C2H2F3NO/c1-2-19(21)13-14-22-15-18-9-4-3-7-16(18)11-12-17-8-5-6-10-20(17)22;3-2(4,5)1(6)7/h3-10,19H,2,13-15,21H2,1H3;(H2,6,7). The van der Waals surface area contributed by atoms with Gasteiger partial charge in [0.1, 0.15) is 0 Å². The number of hydrogen-bond donors (Lipinski definition) is 2. The number of alkyl halides is 3. The average molecular weight is 403 g/mol. The summed E-state index contributed by atoms with van der Waals surface area (Å²) >= 11 is 0. The largest absolute Gasteiger partial charge is 0.470 e. The fourth-order valence-electron chi connectivity index (χ4n) is 2.79. The van der Waals surface area contributed by atoms with Crippen LogP contribution in [-0.2, 0) is 11.3 Å². The summed E-state index contributed by atoms with van der Waals surface area (Å²) in [7, 11) is 0. The van der Waals surface area contributed by atoms with Crippen LogP contribution < -0.4 is 16.4 Å². The molecule has 4 N–H and O–H groups in total. The van der Waals surface area contributed by atoms with E-state index in [-0.39, 0.29) is 6.04 Å². The highest BCUT2D eigenvalue weighted by atomic mass is 19.4. The third kappa shape index (κ3) is 6.54. The third-order valence-corrected chi connectivity index (χ3v) is 4.53. The number of rotatable bonds is 4. The van der Waals surface area contributed by atoms with E-state index in [4.69, 9.17) is 10.5 Å². The van der Waals surface area contributed by atoms with Gasteiger partial charge >= 0.3 is 12.1 Å². The normalized spacial score (nSPS) is 13.3. The molecule has 1 heterocycles. The second-order valence-corrected chi connectivity index (χ2v) is 6.66. The first-order chi connectivity index (χ1) is 13.7. The molecule has 1 unspecified atom stereocenters. The van der Waals surface area contributed by atoms with Crippen LogP contribution in [0.15, 0.2) is 48.5 Å². The highest BCUT2D eigenvalue weighted by molar-refractivity contribution is 5.79. The molecule has 2 aromatic rings. The van der Waals surface area contributed by atoms with E-state index >= 15 is 0 Å². The highest BCUT2D eigenvalue weighted by Crippen LogP contribution is 2.25. The van der Waals surface area contributed by atoms with Gasteiger partial charge in [-0.05, 0) is 36.6 Å². The molecule has 1 amide bonds. The maximum atomic E-state index is 10.7. The molecule has 2 aromatic carbocycles. The van der Waals surface area contributed by atoms with Crippen LogP contribution in [0.1, 0.15) is 36.5 Å². The summed E-state index contributed by atoms with van der Waals surface area (Å²) in [6.07, 6.45) is -2.84. The van der Waals surface area contributed by atoms with Crippen LogP contribution in [-0.4, -0.2) is 24.7 Å². The second kappa shape index (κ2) is 9.99. The second-order valence-electron chi connectivity index (χ2n) is 6.66. The smallest absolute Gasteiger partial charge is 0.366 e. The van der Waals surface area contributed by atoms with Crippen molar-refractivity contribution < 1.29 is 18.0 Å². The van der Waals surface area contributed by atoms with Crippen molar-refractivity contribution in [3.05, 3.63) is 65.2 Å². The summed E-state index contributed by atoms with van der Waals surface area (Å²) < 4.78 is 32.1.